The number of aliphatic carboxylic acids is 1. The van der Waals surface area contributed by atoms with Crippen molar-refractivity contribution in [3.63, 3.8) is 0 Å². The molecule has 2 aliphatic heterocycles. The van der Waals surface area contributed by atoms with Crippen molar-refractivity contribution in [2.45, 2.75) is 59.2 Å². The van der Waals surface area contributed by atoms with Gasteiger partial charge in [-0.2, -0.15) is 0 Å². The van der Waals surface area contributed by atoms with Crippen LogP contribution in [0.3, 0.4) is 0 Å². The number of carbonyl (C=O) groups is 2. The van der Waals surface area contributed by atoms with E-state index in [0.29, 0.717) is 23.2 Å². The fourth-order valence-electron chi connectivity index (χ4n) is 5.34. The van der Waals surface area contributed by atoms with Crippen molar-refractivity contribution in [2.24, 2.45) is 5.92 Å². The number of carbonyl (C=O) groups excluding carboxylic acids is 1. The minimum atomic E-state index is -1.08. The van der Waals surface area contributed by atoms with Crippen molar-refractivity contribution < 1.29 is 29.1 Å². The van der Waals surface area contributed by atoms with Gasteiger partial charge in [-0.25, -0.2) is 4.79 Å². The smallest absolute Gasteiger partial charge is 0.492 e. The molecule has 2 aromatic carbocycles. The van der Waals surface area contributed by atoms with Gasteiger partial charge >= 0.3 is 13.1 Å². The molecule has 4 rings (SSSR count). The topological polar surface area (TPSA) is 99.5 Å². The van der Waals surface area contributed by atoms with Crippen LogP contribution in [0.15, 0.2) is 36.4 Å². The zero-order chi connectivity index (χ0) is 26.5. The van der Waals surface area contributed by atoms with Crippen LogP contribution in [0.1, 0.15) is 60.2 Å². The lowest BCUT2D eigenvalue weighted by molar-refractivity contribution is -0.144. The third-order valence-corrected chi connectivity index (χ3v) is 7.32. The first-order valence-corrected chi connectivity index (χ1v) is 13.2. The zero-order valence-electron chi connectivity index (χ0n) is 22.0. The fourth-order valence-corrected chi connectivity index (χ4v) is 5.34. The molecular weight excluding hydrogens is 471 g/mol. The second-order valence-corrected chi connectivity index (χ2v) is 10.3. The van der Waals surface area contributed by atoms with E-state index in [1.165, 1.54) is 30.8 Å². The Bertz CT molecular complexity index is 1100. The summed E-state index contributed by atoms with van der Waals surface area (Å²) in [7, 11) is -1.08. The van der Waals surface area contributed by atoms with Crippen LogP contribution in [0.4, 0.5) is 0 Å². The summed E-state index contributed by atoms with van der Waals surface area (Å²) in [5.74, 6) is -0.986. The molecule has 1 saturated heterocycles. The van der Waals surface area contributed by atoms with Gasteiger partial charge in [0, 0.05) is 18.7 Å². The number of nitrogens with zero attached hydrogens (tertiary/aromatic N) is 2. The van der Waals surface area contributed by atoms with E-state index in [1.54, 1.807) is 32.9 Å². The summed E-state index contributed by atoms with van der Waals surface area (Å²) in [5.41, 5.74) is 3.22. The first kappa shape index (κ1) is 27.2. The Labute approximate surface area is 219 Å². The molecule has 0 aromatic heterocycles. The summed E-state index contributed by atoms with van der Waals surface area (Å²) in [6.07, 6.45) is 3.53. The maximum atomic E-state index is 13.8. The molecule has 198 valence electrons. The number of carboxylic acids is 1. The van der Waals surface area contributed by atoms with Gasteiger partial charge in [-0.05, 0) is 85.5 Å². The molecule has 8 nitrogen and oxygen atoms in total. The molecule has 1 amide bonds. The average molecular weight is 508 g/mol. The Hall–Kier alpha value is -2.88. The highest BCUT2D eigenvalue weighted by Crippen LogP contribution is 2.24. The molecule has 0 spiro atoms. The maximum absolute atomic E-state index is 13.8. The minimum Gasteiger partial charge on any atom is -0.494 e. The van der Waals surface area contributed by atoms with Crippen LogP contribution < -0.4 is 10.2 Å². The van der Waals surface area contributed by atoms with Crippen LogP contribution in [-0.4, -0.2) is 71.2 Å². The van der Waals surface area contributed by atoms with Gasteiger partial charge in [-0.3, -0.25) is 4.79 Å². The Morgan fingerprint density at radius 2 is 1.84 bits per heavy atom. The number of ether oxygens (including phenoxy) is 1. The summed E-state index contributed by atoms with van der Waals surface area (Å²) >= 11 is 0. The lowest BCUT2D eigenvalue weighted by Crippen LogP contribution is -2.48. The van der Waals surface area contributed by atoms with Crippen LogP contribution >= 0.6 is 0 Å². The molecule has 2 aromatic rings. The lowest BCUT2D eigenvalue weighted by Gasteiger charge is -2.32. The van der Waals surface area contributed by atoms with Crippen LogP contribution in [0.25, 0.3) is 0 Å². The van der Waals surface area contributed by atoms with Gasteiger partial charge in [0.2, 0.25) is 0 Å². The molecule has 37 heavy (non-hydrogen) atoms. The minimum absolute atomic E-state index is 0.138. The normalized spacial score (nSPS) is 16.2. The highest BCUT2D eigenvalue weighted by molar-refractivity contribution is 6.62. The molecule has 0 radical (unpaired) electrons. The summed E-state index contributed by atoms with van der Waals surface area (Å²) in [6, 6.07) is 9.95. The number of amides is 1. The second-order valence-electron chi connectivity index (χ2n) is 10.3. The van der Waals surface area contributed by atoms with Gasteiger partial charge in [0.25, 0.3) is 5.91 Å². The summed E-state index contributed by atoms with van der Waals surface area (Å²) in [6.45, 7) is 9.83. The van der Waals surface area contributed by atoms with E-state index in [2.05, 4.69) is 4.90 Å². The molecular formula is C28H37BN2O6. The van der Waals surface area contributed by atoms with Crippen molar-refractivity contribution in [2.75, 3.05) is 26.2 Å². The van der Waals surface area contributed by atoms with Crippen LogP contribution in [0.5, 0.6) is 5.75 Å². The predicted molar refractivity (Wildman–Crippen MR) is 142 cm³/mol. The van der Waals surface area contributed by atoms with Crippen molar-refractivity contribution in [1.29, 1.82) is 0 Å². The number of rotatable bonds is 11. The molecule has 0 saturated carbocycles. The highest BCUT2D eigenvalue weighted by Gasteiger charge is 2.36. The predicted octanol–water partition coefficient (Wildman–Crippen LogP) is 2.83. The monoisotopic (exact) mass is 508 g/mol. The number of hydrogen-bond donors (Lipinski definition) is 2. The molecule has 0 bridgehead atoms. The van der Waals surface area contributed by atoms with Crippen LogP contribution in [-0.2, 0) is 22.6 Å². The van der Waals surface area contributed by atoms with Crippen molar-refractivity contribution in [1.82, 2.24) is 9.80 Å². The Morgan fingerprint density at radius 3 is 2.49 bits per heavy atom. The SMILES string of the molecule is Cc1c(C(=O)N(Cc2ccc(OCCCN3CCCC3)cc2)[C@H](C(=O)O)C(C)C)ccc2c1B(O)OC2. The number of likely N-dealkylation sites (tertiary alicyclic amines) is 1. The zero-order valence-corrected chi connectivity index (χ0v) is 22.0. The van der Waals surface area contributed by atoms with E-state index in [9.17, 15) is 19.7 Å². The summed E-state index contributed by atoms with van der Waals surface area (Å²) in [5, 5.41) is 20.3. The molecule has 2 heterocycles. The largest absolute Gasteiger partial charge is 0.494 e. The van der Waals surface area contributed by atoms with Gasteiger partial charge in [0.05, 0.1) is 13.2 Å². The van der Waals surface area contributed by atoms with Gasteiger partial charge in [-0.15, -0.1) is 0 Å². The van der Waals surface area contributed by atoms with E-state index < -0.39 is 19.1 Å². The number of hydrogen-bond acceptors (Lipinski definition) is 6. The van der Waals surface area contributed by atoms with Gasteiger partial charge < -0.3 is 29.3 Å². The Kier molecular flexibility index (Phi) is 8.89. The molecule has 1 atom stereocenters. The lowest BCUT2D eigenvalue weighted by atomic mass is 9.75. The first-order chi connectivity index (χ1) is 17.8. The summed E-state index contributed by atoms with van der Waals surface area (Å²) < 4.78 is 11.2. The third kappa shape index (κ3) is 6.34. The molecule has 2 aliphatic rings. The van der Waals surface area contributed by atoms with E-state index in [-0.39, 0.29) is 25.0 Å². The summed E-state index contributed by atoms with van der Waals surface area (Å²) in [4.78, 5) is 29.9. The molecule has 9 heteroatoms. The van der Waals surface area contributed by atoms with Crippen molar-refractivity contribution in [3.05, 3.63) is 58.7 Å². The molecule has 0 aliphatic carbocycles. The number of fused-ring (bicyclic) bond motifs is 1. The maximum Gasteiger partial charge on any atom is 0.492 e. The first-order valence-electron chi connectivity index (χ1n) is 13.2. The Balaban J connectivity index is 1.49. The van der Waals surface area contributed by atoms with E-state index >= 15 is 0 Å². The number of benzene rings is 2. The van der Waals surface area contributed by atoms with Crippen LogP contribution in [0, 0.1) is 12.8 Å². The third-order valence-electron chi connectivity index (χ3n) is 7.32. The van der Waals surface area contributed by atoms with Crippen molar-refractivity contribution in [3.8, 4) is 5.75 Å². The van der Waals surface area contributed by atoms with E-state index in [0.717, 1.165) is 29.8 Å². The average Bonchev–Trinajstić information content (AvgIpc) is 3.52. The fraction of sp³-hybridized carbons (Fsp3) is 0.500. The standard InChI is InChI=1S/C28H37BN2O6/c1-19(2)26(28(33)34)31(27(32)24-12-9-22-18-37-29(35)25(22)20(24)3)17-21-7-10-23(11-8-21)36-16-6-15-30-13-4-5-14-30/h7-12,19,26,35H,4-6,13-18H2,1-3H3,(H,33,34)/t26-/m0/s1. The Morgan fingerprint density at radius 1 is 1.14 bits per heavy atom. The molecule has 2 N–H and O–H groups in total. The molecule has 1 fully saturated rings. The highest BCUT2D eigenvalue weighted by atomic mass is 16.5. The van der Waals surface area contributed by atoms with Gasteiger partial charge in [-0.1, -0.05) is 32.0 Å². The van der Waals surface area contributed by atoms with Gasteiger partial charge in [0.1, 0.15) is 11.8 Å². The van der Waals surface area contributed by atoms with E-state index in [1.807, 2.05) is 24.3 Å². The second kappa shape index (κ2) is 12.1. The van der Waals surface area contributed by atoms with E-state index in [4.69, 9.17) is 9.39 Å². The molecule has 0 unspecified atom stereocenters. The number of carboxylic acid groups (broad SMARTS) is 1. The van der Waals surface area contributed by atoms with Crippen molar-refractivity contribution >= 4 is 24.5 Å². The van der Waals surface area contributed by atoms with Crippen LogP contribution in [0.2, 0.25) is 0 Å². The van der Waals surface area contributed by atoms with Gasteiger partial charge in [0.15, 0.2) is 0 Å². The quantitative estimate of drug-likeness (QED) is 0.356.